The molecule has 0 bridgehead atoms. The highest BCUT2D eigenvalue weighted by Gasteiger charge is 2.19. The molecule has 1 nitrogen and oxygen atoms in total. The van der Waals surface area contributed by atoms with Gasteiger partial charge in [-0.1, -0.05) is 30.3 Å². The normalized spacial score (nSPS) is 17.9. The van der Waals surface area contributed by atoms with Crippen molar-refractivity contribution in [2.45, 2.75) is 32.2 Å². The first-order chi connectivity index (χ1) is 9.24. The minimum atomic E-state index is 0.433. The van der Waals surface area contributed by atoms with E-state index in [0.717, 1.165) is 4.47 Å². The Morgan fingerprint density at radius 1 is 1.16 bits per heavy atom. The van der Waals surface area contributed by atoms with Crippen molar-refractivity contribution < 1.29 is 0 Å². The standard InChI is InChI=1S/C17H18BrN/c1-12-9-10-15(18)17(11-12)19-16-8-4-6-13-5-2-3-7-14(13)16/h2-3,5,7,9-11,16,19H,4,6,8H2,1H3. The molecule has 0 saturated carbocycles. The van der Waals surface area contributed by atoms with E-state index < -0.39 is 0 Å². The van der Waals surface area contributed by atoms with Gasteiger partial charge in [-0.25, -0.2) is 0 Å². The molecular formula is C17H18BrN. The van der Waals surface area contributed by atoms with Crippen molar-refractivity contribution in [3.05, 3.63) is 63.6 Å². The van der Waals surface area contributed by atoms with Crippen LogP contribution in [0.2, 0.25) is 0 Å². The average molecular weight is 316 g/mol. The van der Waals surface area contributed by atoms with Crippen molar-refractivity contribution in [1.29, 1.82) is 0 Å². The van der Waals surface area contributed by atoms with Gasteiger partial charge in [0.15, 0.2) is 0 Å². The summed E-state index contributed by atoms with van der Waals surface area (Å²) in [6.07, 6.45) is 3.68. The van der Waals surface area contributed by atoms with Gasteiger partial charge < -0.3 is 5.32 Å². The van der Waals surface area contributed by atoms with Gasteiger partial charge in [0.1, 0.15) is 0 Å². The maximum atomic E-state index is 3.70. The quantitative estimate of drug-likeness (QED) is 0.798. The summed E-state index contributed by atoms with van der Waals surface area (Å²) in [5, 5.41) is 3.70. The Morgan fingerprint density at radius 2 is 2.00 bits per heavy atom. The molecule has 0 radical (unpaired) electrons. The molecule has 2 aromatic carbocycles. The van der Waals surface area contributed by atoms with Gasteiger partial charge in [0, 0.05) is 10.2 Å². The Labute approximate surface area is 123 Å². The number of hydrogen-bond donors (Lipinski definition) is 1. The molecule has 1 aliphatic carbocycles. The first kappa shape index (κ1) is 12.7. The number of rotatable bonds is 2. The van der Waals surface area contributed by atoms with Crippen LogP contribution in [0.1, 0.15) is 35.6 Å². The average Bonchev–Trinajstić information content (AvgIpc) is 2.43. The minimum Gasteiger partial charge on any atom is -0.377 e. The van der Waals surface area contributed by atoms with Crippen LogP contribution in [-0.2, 0) is 6.42 Å². The molecule has 0 fully saturated rings. The van der Waals surface area contributed by atoms with Crippen molar-refractivity contribution in [3.8, 4) is 0 Å². The summed E-state index contributed by atoms with van der Waals surface area (Å²) < 4.78 is 1.14. The Morgan fingerprint density at radius 3 is 2.89 bits per heavy atom. The Hall–Kier alpha value is -1.28. The molecule has 3 rings (SSSR count). The van der Waals surface area contributed by atoms with Crippen molar-refractivity contribution in [2.24, 2.45) is 0 Å². The zero-order valence-electron chi connectivity index (χ0n) is 11.1. The molecular weight excluding hydrogens is 298 g/mol. The number of benzene rings is 2. The Bertz CT molecular complexity index is 592. The lowest BCUT2D eigenvalue weighted by molar-refractivity contribution is 0.600. The molecule has 2 aromatic rings. The summed E-state index contributed by atoms with van der Waals surface area (Å²) in [6, 6.07) is 15.7. The monoisotopic (exact) mass is 315 g/mol. The van der Waals surface area contributed by atoms with Gasteiger partial charge >= 0.3 is 0 Å². The van der Waals surface area contributed by atoms with E-state index in [1.165, 1.54) is 41.6 Å². The number of anilines is 1. The van der Waals surface area contributed by atoms with Gasteiger partial charge in [-0.15, -0.1) is 0 Å². The number of aryl methyl sites for hydroxylation is 2. The van der Waals surface area contributed by atoms with Gasteiger partial charge in [-0.3, -0.25) is 0 Å². The topological polar surface area (TPSA) is 12.0 Å². The second-order valence-corrected chi connectivity index (χ2v) is 6.13. The molecule has 1 atom stereocenters. The van der Waals surface area contributed by atoms with E-state index in [9.17, 15) is 0 Å². The van der Waals surface area contributed by atoms with Gasteiger partial charge in [-0.2, -0.15) is 0 Å². The molecule has 19 heavy (non-hydrogen) atoms. The van der Waals surface area contributed by atoms with Crippen LogP contribution >= 0.6 is 15.9 Å². The van der Waals surface area contributed by atoms with Crippen LogP contribution in [0.3, 0.4) is 0 Å². The molecule has 2 heteroatoms. The van der Waals surface area contributed by atoms with Gasteiger partial charge in [0.2, 0.25) is 0 Å². The summed E-state index contributed by atoms with van der Waals surface area (Å²) >= 11 is 3.63. The SMILES string of the molecule is Cc1ccc(Br)c(NC2CCCc3ccccc32)c1. The highest BCUT2D eigenvalue weighted by molar-refractivity contribution is 9.10. The molecule has 0 saturated heterocycles. The van der Waals surface area contributed by atoms with E-state index in [0.29, 0.717) is 6.04 Å². The van der Waals surface area contributed by atoms with Crippen LogP contribution in [0, 0.1) is 6.92 Å². The van der Waals surface area contributed by atoms with E-state index in [-0.39, 0.29) is 0 Å². The molecule has 1 unspecified atom stereocenters. The maximum Gasteiger partial charge on any atom is 0.0517 e. The summed E-state index contributed by atoms with van der Waals surface area (Å²) in [4.78, 5) is 0. The highest BCUT2D eigenvalue weighted by Crippen LogP contribution is 2.34. The molecule has 0 aliphatic heterocycles. The van der Waals surface area contributed by atoms with Crippen LogP contribution < -0.4 is 5.32 Å². The van der Waals surface area contributed by atoms with Crippen LogP contribution in [0.4, 0.5) is 5.69 Å². The largest absolute Gasteiger partial charge is 0.377 e. The van der Waals surface area contributed by atoms with Crippen molar-refractivity contribution in [3.63, 3.8) is 0 Å². The van der Waals surface area contributed by atoms with Crippen LogP contribution in [0.5, 0.6) is 0 Å². The van der Waals surface area contributed by atoms with Crippen molar-refractivity contribution in [1.82, 2.24) is 0 Å². The van der Waals surface area contributed by atoms with Gasteiger partial charge in [0.05, 0.1) is 6.04 Å². The van der Waals surface area contributed by atoms with Crippen molar-refractivity contribution in [2.75, 3.05) is 5.32 Å². The number of nitrogens with one attached hydrogen (secondary N) is 1. The third-order valence-electron chi connectivity index (χ3n) is 3.82. The number of halogens is 1. The third-order valence-corrected chi connectivity index (χ3v) is 4.51. The fourth-order valence-electron chi connectivity index (χ4n) is 2.84. The maximum absolute atomic E-state index is 3.70. The van der Waals surface area contributed by atoms with E-state index in [1.54, 1.807) is 0 Å². The first-order valence-corrected chi connectivity index (χ1v) is 7.64. The highest BCUT2D eigenvalue weighted by atomic mass is 79.9. The summed E-state index contributed by atoms with van der Waals surface area (Å²) in [5.41, 5.74) is 5.44. The second kappa shape index (κ2) is 5.38. The van der Waals surface area contributed by atoms with E-state index in [1.807, 2.05) is 0 Å². The number of fused-ring (bicyclic) bond motifs is 1. The lowest BCUT2D eigenvalue weighted by atomic mass is 9.87. The zero-order valence-corrected chi connectivity index (χ0v) is 12.7. The van der Waals surface area contributed by atoms with E-state index >= 15 is 0 Å². The van der Waals surface area contributed by atoms with Gasteiger partial charge in [0.25, 0.3) is 0 Å². The molecule has 0 aromatic heterocycles. The lowest BCUT2D eigenvalue weighted by Gasteiger charge is -2.27. The van der Waals surface area contributed by atoms with E-state index in [4.69, 9.17) is 0 Å². The summed E-state index contributed by atoms with van der Waals surface area (Å²) in [7, 11) is 0. The molecule has 0 heterocycles. The minimum absolute atomic E-state index is 0.433. The molecule has 0 spiro atoms. The molecule has 1 aliphatic rings. The predicted molar refractivity (Wildman–Crippen MR) is 84.6 cm³/mol. The predicted octanol–water partition coefficient (Wildman–Crippen LogP) is 5.25. The van der Waals surface area contributed by atoms with Gasteiger partial charge in [-0.05, 0) is 70.9 Å². The second-order valence-electron chi connectivity index (χ2n) is 5.27. The lowest BCUT2D eigenvalue weighted by Crippen LogP contribution is -2.17. The first-order valence-electron chi connectivity index (χ1n) is 6.84. The van der Waals surface area contributed by atoms with Crippen LogP contribution in [0.25, 0.3) is 0 Å². The zero-order chi connectivity index (χ0) is 13.2. The van der Waals surface area contributed by atoms with Crippen LogP contribution in [-0.4, -0.2) is 0 Å². The van der Waals surface area contributed by atoms with Crippen LogP contribution in [0.15, 0.2) is 46.9 Å². The Balaban J connectivity index is 1.90. The molecule has 98 valence electrons. The molecule has 0 amide bonds. The summed E-state index contributed by atoms with van der Waals surface area (Å²) in [6.45, 7) is 2.13. The fourth-order valence-corrected chi connectivity index (χ4v) is 3.20. The smallest absolute Gasteiger partial charge is 0.0517 e. The fraction of sp³-hybridized carbons (Fsp3) is 0.294. The number of hydrogen-bond acceptors (Lipinski definition) is 1. The molecule has 1 N–H and O–H groups in total. The Kier molecular flexibility index (Phi) is 3.61. The van der Waals surface area contributed by atoms with Crippen molar-refractivity contribution >= 4 is 21.6 Å². The third kappa shape index (κ3) is 2.69. The summed E-state index contributed by atoms with van der Waals surface area (Å²) in [5.74, 6) is 0. The van der Waals surface area contributed by atoms with E-state index in [2.05, 4.69) is 70.6 Å².